The third-order valence-electron chi connectivity index (χ3n) is 3.93. The Labute approximate surface area is 174 Å². The second-order valence-electron chi connectivity index (χ2n) is 7.54. The van der Waals surface area contributed by atoms with Gasteiger partial charge in [-0.2, -0.15) is 0 Å². The normalized spacial score (nSPS) is 12.0. The first-order valence-electron chi connectivity index (χ1n) is 8.93. The van der Waals surface area contributed by atoms with Crippen LogP contribution in [-0.4, -0.2) is 41.0 Å². The number of rotatable bonds is 5. The molecule has 9 heteroatoms. The van der Waals surface area contributed by atoms with Crippen molar-refractivity contribution < 1.29 is 17.9 Å². The highest BCUT2D eigenvalue weighted by Gasteiger charge is 2.24. The van der Waals surface area contributed by atoms with E-state index in [-0.39, 0.29) is 11.4 Å². The lowest BCUT2D eigenvalue weighted by Gasteiger charge is -2.24. The van der Waals surface area contributed by atoms with Crippen LogP contribution in [0.4, 0.5) is 4.79 Å². The van der Waals surface area contributed by atoms with E-state index in [0.29, 0.717) is 11.3 Å². The van der Waals surface area contributed by atoms with Crippen molar-refractivity contribution in [3.05, 3.63) is 59.9 Å². The Hall–Kier alpha value is -2.65. The average molecular weight is 434 g/mol. The summed E-state index contributed by atoms with van der Waals surface area (Å²) < 4.78 is 33.0. The Morgan fingerprint density at radius 2 is 2.03 bits per heavy atom. The molecule has 3 rings (SSSR count). The maximum Gasteiger partial charge on any atom is 0.410 e. The number of nitrogens with zero attached hydrogens (tertiary/aromatic N) is 3. The predicted molar refractivity (Wildman–Crippen MR) is 112 cm³/mol. The smallest absolute Gasteiger partial charge is 0.410 e. The molecule has 0 fully saturated rings. The van der Waals surface area contributed by atoms with E-state index in [9.17, 15) is 13.2 Å². The molecule has 154 valence electrons. The first-order valence-corrected chi connectivity index (χ1v) is 11.2. The molecule has 3 heterocycles. The lowest BCUT2D eigenvalue weighted by Crippen LogP contribution is -2.33. The summed E-state index contributed by atoms with van der Waals surface area (Å²) in [6.07, 6.45) is 3.91. The molecule has 29 heavy (non-hydrogen) atoms. The van der Waals surface area contributed by atoms with Gasteiger partial charge in [0, 0.05) is 25.6 Å². The van der Waals surface area contributed by atoms with Crippen LogP contribution in [-0.2, 0) is 21.3 Å². The Bertz CT molecular complexity index is 1080. The minimum Gasteiger partial charge on any atom is -0.444 e. The minimum absolute atomic E-state index is 0.0976. The van der Waals surface area contributed by atoms with Gasteiger partial charge in [0.1, 0.15) is 10.5 Å². The summed E-state index contributed by atoms with van der Waals surface area (Å²) in [6.45, 7) is 5.60. The number of carbonyl (C=O) groups excluding carboxylic acids is 1. The predicted octanol–water partition coefficient (Wildman–Crippen LogP) is 4.22. The van der Waals surface area contributed by atoms with Crippen LogP contribution in [0.2, 0.25) is 0 Å². The van der Waals surface area contributed by atoms with Gasteiger partial charge in [-0.1, -0.05) is 6.07 Å². The molecule has 0 bridgehead atoms. The molecule has 0 aromatic carbocycles. The van der Waals surface area contributed by atoms with E-state index in [1.54, 1.807) is 40.0 Å². The highest BCUT2D eigenvalue weighted by Crippen LogP contribution is 2.30. The summed E-state index contributed by atoms with van der Waals surface area (Å²) in [5, 5.41) is 1.88. The number of hydrogen-bond donors (Lipinski definition) is 0. The molecule has 0 unspecified atom stereocenters. The molecular formula is C20H23N3O4S2. The van der Waals surface area contributed by atoms with Crippen LogP contribution in [0.1, 0.15) is 26.3 Å². The van der Waals surface area contributed by atoms with Crippen LogP contribution in [0.15, 0.2) is 59.2 Å². The van der Waals surface area contributed by atoms with Crippen LogP contribution in [0, 0.1) is 0 Å². The molecule has 3 aromatic heterocycles. The van der Waals surface area contributed by atoms with Gasteiger partial charge in [0.15, 0.2) is 0 Å². The van der Waals surface area contributed by atoms with Crippen LogP contribution in [0.25, 0.3) is 10.6 Å². The van der Waals surface area contributed by atoms with E-state index in [1.807, 2.05) is 17.5 Å². The second-order valence-corrected chi connectivity index (χ2v) is 10.3. The zero-order valence-corrected chi connectivity index (χ0v) is 18.3. The standard InChI is InChI=1S/C20H23N3O4S2/c1-20(2,3)27-19(24)22(4)13-15-11-17(18-8-6-10-28-18)23(14-15)29(25,26)16-7-5-9-21-12-16/h5-12,14H,13H2,1-4H3. The summed E-state index contributed by atoms with van der Waals surface area (Å²) in [4.78, 5) is 18.5. The van der Waals surface area contributed by atoms with Crippen LogP contribution < -0.4 is 0 Å². The molecule has 0 N–H and O–H groups in total. The average Bonchev–Trinajstić information content (AvgIpc) is 3.30. The Morgan fingerprint density at radius 1 is 1.28 bits per heavy atom. The summed E-state index contributed by atoms with van der Waals surface area (Å²) in [6, 6.07) is 8.59. The number of pyridine rings is 1. The first kappa shape index (κ1) is 21.1. The number of ether oxygens (including phenoxy) is 1. The third kappa shape index (κ3) is 4.86. The number of carbonyl (C=O) groups is 1. The van der Waals surface area contributed by atoms with Gasteiger partial charge in [0.05, 0.1) is 17.1 Å². The zero-order valence-electron chi connectivity index (χ0n) is 16.7. The van der Waals surface area contributed by atoms with E-state index < -0.39 is 21.7 Å². The summed E-state index contributed by atoms with van der Waals surface area (Å²) in [5.41, 5.74) is 0.605. The van der Waals surface area contributed by atoms with Crippen molar-refractivity contribution in [2.75, 3.05) is 7.05 Å². The maximum absolute atomic E-state index is 13.2. The summed E-state index contributed by atoms with van der Waals surface area (Å²) >= 11 is 1.44. The van der Waals surface area contributed by atoms with Gasteiger partial charge in [-0.15, -0.1) is 11.3 Å². The maximum atomic E-state index is 13.2. The highest BCUT2D eigenvalue weighted by atomic mass is 32.2. The van der Waals surface area contributed by atoms with E-state index >= 15 is 0 Å². The Morgan fingerprint density at radius 3 is 2.62 bits per heavy atom. The van der Waals surface area contributed by atoms with Gasteiger partial charge in [0.2, 0.25) is 0 Å². The van der Waals surface area contributed by atoms with Gasteiger partial charge in [0.25, 0.3) is 10.0 Å². The van der Waals surface area contributed by atoms with Crippen LogP contribution >= 0.6 is 11.3 Å². The largest absolute Gasteiger partial charge is 0.444 e. The minimum atomic E-state index is -3.83. The quantitative estimate of drug-likeness (QED) is 0.602. The van der Waals surface area contributed by atoms with Crippen LogP contribution in [0.5, 0.6) is 0 Å². The number of hydrogen-bond acceptors (Lipinski definition) is 6. The zero-order chi connectivity index (χ0) is 21.2. The molecule has 0 aliphatic rings. The molecule has 1 amide bonds. The first-order chi connectivity index (χ1) is 13.6. The SMILES string of the molecule is CN(Cc1cc(-c2cccs2)n(S(=O)(=O)c2cccnc2)c1)C(=O)OC(C)(C)C. The molecule has 0 radical (unpaired) electrons. The van der Waals surface area contributed by atoms with Crippen molar-refractivity contribution in [1.29, 1.82) is 0 Å². The van der Waals surface area contributed by atoms with Crippen molar-refractivity contribution in [3.63, 3.8) is 0 Å². The lowest BCUT2D eigenvalue weighted by atomic mass is 10.2. The lowest BCUT2D eigenvalue weighted by molar-refractivity contribution is 0.0285. The van der Waals surface area contributed by atoms with E-state index in [2.05, 4.69) is 4.98 Å². The van der Waals surface area contributed by atoms with Gasteiger partial charge >= 0.3 is 6.09 Å². The number of amides is 1. The van der Waals surface area contributed by atoms with Crippen LogP contribution in [0.3, 0.4) is 0 Å². The molecule has 0 saturated heterocycles. The second kappa shape index (κ2) is 8.00. The van der Waals surface area contributed by atoms with Gasteiger partial charge in [-0.05, 0) is 56.0 Å². The molecule has 0 saturated carbocycles. The highest BCUT2D eigenvalue weighted by molar-refractivity contribution is 7.90. The van der Waals surface area contributed by atoms with Crippen molar-refractivity contribution in [2.24, 2.45) is 0 Å². The number of aromatic nitrogens is 2. The topological polar surface area (TPSA) is 81.5 Å². The van der Waals surface area contributed by atoms with Gasteiger partial charge < -0.3 is 9.64 Å². The Kier molecular flexibility index (Phi) is 5.81. The molecule has 3 aromatic rings. The van der Waals surface area contributed by atoms with E-state index in [0.717, 1.165) is 4.88 Å². The molecule has 0 atom stereocenters. The summed E-state index contributed by atoms with van der Waals surface area (Å²) in [7, 11) is -2.22. The molecule has 0 aliphatic carbocycles. The fourth-order valence-corrected chi connectivity index (χ4v) is 4.83. The molecular weight excluding hydrogens is 410 g/mol. The van der Waals surface area contributed by atoms with E-state index in [4.69, 9.17) is 4.74 Å². The van der Waals surface area contributed by atoms with E-state index in [1.165, 1.54) is 44.9 Å². The van der Waals surface area contributed by atoms with Crippen molar-refractivity contribution >= 4 is 27.5 Å². The van der Waals surface area contributed by atoms with Gasteiger partial charge in [-0.25, -0.2) is 17.2 Å². The fraction of sp³-hybridized carbons (Fsp3) is 0.300. The Balaban J connectivity index is 1.98. The van der Waals surface area contributed by atoms with Crippen molar-refractivity contribution in [2.45, 2.75) is 37.8 Å². The summed E-state index contributed by atoms with van der Waals surface area (Å²) in [5.74, 6) is 0. The van der Waals surface area contributed by atoms with Crippen molar-refractivity contribution in [1.82, 2.24) is 13.9 Å². The van der Waals surface area contributed by atoms with Gasteiger partial charge in [-0.3, -0.25) is 4.98 Å². The molecule has 0 spiro atoms. The fourth-order valence-electron chi connectivity index (χ4n) is 2.68. The van der Waals surface area contributed by atoms with Crippen molar-refractivity contribution in [3.8, 4) is 10.6 Å². The monoisotopic (exact) mass is 433 g/mol. The third-order valence-corrected chi connectivity index (χ3v) is 6.48. The number of thiophene rings is 1. The molecule has 0 aliphatic heterocycles. The molecule has 7 nitrogen and oxygen atoms in total.